The van der Waals surface area contributed by atoms with Gasteiger partial charge in [-0.25, -0.2) is 4.39 Å². The van der Waals surface area contributed by atoms with E-state index < -0.39 is 17.3 Å². The molecule has 0 unspecified atom stereocenters. The summed E-state index contributed by atoms with van der Waals surface area (Å²) in [6, 6.07) is 13.7. The van der Waals surface area contributed by atoms with Crippen molar-refractivity contribution in [2.75, 3.05) is 6.61 Å². The Kier molecular flexibility index (Phi) is 6.30. The van der Waals surface area contributed by atoms with Gasteiger partial charge in [-0.1, -0.05) is 13.8 Å². The van der Waals surface area contributed by atoms with Crippen LogP contribution in [0, 0.1) is 23.1 Å². The molecule has 0 aliphatic heterocycles. The van der Waals surface area contributed by atoms with Crippen LogP contribution in [-0.4, -0.2) is 23.8 Å². The number of amides is 1. The molecular weight excluding hydrogens is 347 g/mol. The lowest BCUT2D eigenvalue weighted by Gasteiger charge is -2.27. The van der Waals surface area contributed by atoms with Crippen molar-refractivity contribution >= 4 is 11.7 Å². The Morgan fingerprint density at radius 3 is 2.11 bits per heavy atom. The number of nitriles is 1. The van der Waals surface area contributed by atoms with Crippen LogP contribution in [0.1, 0.15) is 36.7 Å². The van der Waals surface area contributed by atoms with Crippen LogP contribution in [0.2, 0.25) is 0 Å². The molecular formula is C21H21FN2O3. The van der Waals surface area contributed by atoms with Crippen molar-refractivity contribution in [3.63, 3.8) is 0 Å². The number of hydrogen-bond acceptors (Lipinski definition) is 4. The number of nitrogens with one attached hydrogen (secondary N) is 1. The molecule has 140 valence electrons. The van der Waals surface area contributed by atoms with E-state index in [-0.39, 0.29) is 18.3 Å². The number of carbonyl (C=O) groups is 2. The molecule has 2 aromatic rings. The third-order valence-electron chi connectivity index (χ3n) is 4.38. The van der Waals surface area contributed by atoms with E-state index in [4.69, 9.17) is 4.74 Å². The minimum Gasteiger partial charge on any atom is -0.484 e. The number of carbonyl (C=O) groups excluding carboxylic acids is 2. The van der Waals surface area contributed by atoms with E-state index in [0.29, 0.717) is 16.9 Å². The van der Waals surface area contributed by atoms with E-state index in [9.17, 15) is 19.2 Å². The standard InChI is InChI=1S/C21H21FN2O3/c1-14(2)21(3,13-23)24-19(25)12-27-18-10-6-16(7-11-18)20(26)15-4-8-17(22)9-5-15/h4-11,14H,12H2,1-3H3,(H,24,25)/t21-/m1/s1. The largest absolute Gasteiger partial charge is 0.484 e. The summed E-state index contributed by atoms with van der Waals surface area (Å²) in [5, 5.41) is 11.9. The minimum atomic E-state index is -0.966. The zero-order chi connectivity index (χ0) is 20.0. The molecule has 27 heavy (non-hydrogen) atoms. The minimum absolute atomic E-state index is 0.0526. The highest BCUT2D eigenvalue weighted by Gasteiger charge is 2.30. The highest BCUT2D eigenvalue weighted by Crippen LogP contribution is 2.17. The summed E-state index contributed by atoms with van der Waals surface area (Å²) >= 11 is 0. The lowest BCUT2D eigenvalue weighted by atomic mass is 9.90. The molecule has 1 N–H and O–H groups in total. The lowest BCUT2D eigenvalue weighted by molar-refractivity contribution is -0.124. The third kappa shape index (κ3) is 5.14. The monoisotopic (exact) mass is 368 g/mol. The van der Waals surface area contributed by atoms with Crippen LogP contribution in [0.4, 0.5) is 4.39 Å². The smallest absolute Gasteiger partial charge is 0.259 e. The number of nitrogens with zero attached hydrogens (tertiary/aromatic N) is 1. The summed E-state index contributed by atoms with van der Waals surface area (Å²) in [5.41, 5.74) is -0.157. The molecule has 0 aromatic heterocycles. The highest BCUT2D eigenvalue weighted by molar-refractivity contribution is 6.09. The van der Waals surface area contributed by atoms with E-state index in [1.54, 1.807) is 31.2 Å². The van der Waals surface area contributed by atoms with Crippen molar-refractivity contribution in [1.82, 2.24) is 5.32 Å². The topological polar surface area (TPSA) is 79.2 Å². The first kappa shape index (κ1) is 20.1. The van der Waals surface area contributed by atoms with Gasteiger partial charge in [0.2, 0.25) is 0 Å². The molecule has 0 bridgehead atoms. The third-order valence-corrected chi connectivity index (χ3v) is 4.38. The normalized spacial score (nSPS) is 12.7. The molecule has 0 fully saturated rings. The Hall–Kier alpha value is -3.20. The molecule has 1 amide bonds. The average molecular weight is 368 g/mol. The number of benzene rings is 2. The summed E-state index contributed by atoms with van der Waals surface area (Å²) in [6.07, 6.45) is 0. The van der Waals surface area contributed by atoms with Gasteiger partial charge in [0.15, 0.2) is 12.4 Å². The molecule has 1 atom stereocenters. The SMILES string of the molecule is CC(C)[C@@](C)(C#N)NC(=O)COc1ccc(C(=O)c2ccc(F)cc2)cc1. The molecule has 0 heterocycles. The average Bonchev–Trinajstić information content (AvgIpc) is 2.66. The quantitative estimate of drug-likeness (QED) is 0.759. The fourth-order valence-corrected chi connectivity index (χ4v) is 2.25. The van der Waals surface area contributed by atoms with E-state index in [2.05, 4.69) is 11.4 Å². The van der Waals surface area contributed by atoms with Gasteiger partial charge >= 0.3 is 0 Å². The second-order valence-electron chi connectivity index (χ2n) is 6.67. The summed E-state index contributed by atoms with van der Waals surface area (Å²) in [6.45, 7) is 5.11. The number of rotatable bonds is 7. The van der Waals surface area contributed by atoms with Crippen molar-refractivity contribution in [2.45, 2.75) is 26.3 Å². The fourth-order valence-electron chi connectivity index (χ4n) is 2.25. The van der Waals surface area contributed by atoms with Gasteiger partial charge in [-0.2, -0.15) is 5.26 Å². The van der Waals surface area contributed by atoms with Gasteiger partial charge in [0.1, 0.15) is 17.1 Å². The van der Waals surface area contributed by atoms with E-state index in [1.165, 1.54) is 24.3 Å². The summed E-state index contributed by atoms with van der Waals surface area (Å²) in [5.74, 6) is -0.675. The van der Waals surface area contributed by atoms with E-state index in [0.717, 1.165) is 0 Å². The van der Waals surface area contributed by atoms with Crippen LogP contribution in [-0.2, 0) is 4.79 Å². The van der Waals surface area contributed by atoms with Crippen LogP contribution in [0.15, 0.2) is 48.5 Å². The fraction of sp³-hybridized carbons (Fsp3) is 0.286. The number of ketones is 1. The first-order chi connectivity index (χ1) is 12.7. The number of hydrogen-bond donors (Lipinski definition) is 1. The van der Waals surface area contributed by atoms with Crippen LogP contribution in [0.3, 0.4) is 0 Å². The van der Waals surface area contributed by atoms with E-state index in [1.807, 2.05) is 13.8 Å². The molecule has 6 heteroatoms. The molecule has 0 radical (unpaired) electrons. The molecule has 0 aliphatic rings. The predicted octanol–water partition coefficient (Wildman–Crippen LogP) is 3.49. The first-order valence-corrected chi connectivity index (χ1v) is 8.50. The van der Waals surface area contributed by atoms with Gasteiger partial charge in [-0.3, -0.25) is 9.59 Å². The van der Waals surface area contributed by atoms with Crippen molar-refractivity contribution in [3.8, 4) is 11.8 Å². The van der Waals surface area contributed by atoms with Gasteiger partial charge in [-0.05, 0) is 61.4 Å². The predicted molar refractivity (Wildman–Crippen MR) is 98.8 cm³/mol. The molecule has 2 rings (SSSR count). The highest BCUT2D eigenvalue weighted by atomic mass is 19.1. The van der Waals surface area contributed by atoms with Crippen molar-refractivity contribution in [3.05, 3.63) is 65.5 Å². The lowest BCUT2D eigenvalue weighted by Crippen LogP contribution is -2.50. The first-order valence-electron chi connectivity index (χ1n) is 8.50. The van der Waals surface area contributed by atoms with Gasteiger partial charge in [0, 0.05) is 11.1 Å². The summed E-state index contributed by atoms with van der Waals surface area (Å²) < 4.78 is 18.4. The Bertz CT molecular complexity index is 854. The van der Waals surface area contributed by atoms with Gasteiger partial charge in [0.05, 0.1) is 6.07 Å². The molecule has 0 spiro atoms. The Morgan fingerprint density at radius 1 is 1.11 bits per heavy atom. The zero-order valence-electron chi connectivity index (χ0n) is 15.5. The maximum absolute atomic E-state index is 12.9. The van der Waals surface area contributed by atoms with Crippen molar-refractivity contribution in [1.29, 1.82) is 5.26 Å². The molecule has 0 saturated heterocycles. The second kappa shape index (κ2) is 8.45. The number of halogens is 1. The van der Waals surface area contributed by atoms with Gasteiger partial charge < -0.3 is 10.1 Å². The Labute approximate surface area is 157 Å². The molecule has 0 saturated carbocycles. The van der Waals surface area contributed by atoms with Gasteiger partial charge in [-0.15, -0.1) is 0 Å². The molecule has 0 aliphatic carbocycles. The zero-order valence-corrected chi connectivity index (χ0v) is 15.5. The van der Waals surface area contributed by atoms with Crippen molar-refractivity contribution in [2.24, 2.45) is 5.92 Å². The number of ether oxygens (including phenoxy) is 1. The van der Waals surface area contributed by atoms with Crippen LogP contribution in [0.5, 0.6) is 5.75 Å². The summed E-state index contributed by atoms with van der Waals surface area (Å²) in [7, 11) is 0. The Balaban J connectivity index is 1.96. The molecule has 2 aromatic carbocycles. The molecule has 5 nitrogen and oxygen atoms in total. The van der Waals surface area contributed by atoms with E-state index >= 15 is 0 Å². The summed E-state index contributed by atoms with van der Waals surface area (Å²) in [4.78, 5) is 24.3. The maximum Gasteiger partial charge on any atom is 0.259 e. The Morgan fingerprint density at radius 2 is 1.63 bits per heavy atom. The second-order valence-corrected chi connectivity index (χ2v) is 6.67. The van der Waals surface area contributed by atoms with Gasteiger partial charge in [0.25, 0.3) is 5.91 Å². The van der Waals surface area contributed by atoms with Crippen LogP contribution in [0.25, 0.3) is 0 Å². The van der Waals surface area contributed by atoms with Crippen LogP contribution < -0.4 is 10.1 Å². The van der Waals surface area contributed by atoms with Crippen molar-refractivity contribution < 1.29 is 18.7 Å². The maximum atomic E-state index is 12.9. The van der Waals surface area contributed by atoms with Crippen LogP contribution >= 0.6 is 0 Å².